The van der Waals surface area contributed by atoms with Gasteiger partial charge in [0.15, 0.2) is 0 Å². The highest BCUT2D eigenvalue weighted by atomic mass is 35.5. The lowest BCUT2D eigenvalue weighted by Gasteiger charge is -2.10. The average Bonchev–Trinajstić information content (AvgIpc) is 3.21. The van der Waals surface area contributed by atoms with Crippen LogP contribution in [0.2, 0.25) is 0 Å². The molecule has 0 saturated heterocycles. The van der Waals surface area contributed by atoms with Crippen molar-refractivity contribution in [2.45, 2.75) is 0 Å². The van der Waals surface area contributed by atoms with Crippen LogP contribution >= 0.6 is 12.4 Å². The van der Waals surface area contributed by atoms with E-state index in [1.54, 1.807) is 38.4 Å². The summed E-state index contributed by atoms with van der Waals surface area (Å²) >= 11 is 0. The van der Waals surface area contributed by atoms with Gasteiger partial charge >= 0.3 is 0 Å². The fraction of sp³-hybridized carbons (Fsp3) is 0.143. The summed E-state index contributed by atoms with van der Waals surface area (Å²) in [6, 6.07) is 36.9. The topological polar surface area (TPSA) is 156 Å². The van der Waals surface area contributed by atoms with Gasteiger partial charge in [-0.05, 0) is 121 Å². The van der Waals surface area contributed by atoms with Crippen molar-refractivity contribution in [2.24, 2.45) is 20.0 Å². The van der Waals surface area contributed by atoms with Crippen molar-refractivity contribution >= 4 is 70.3 Å². The molecule has 0 aliphatic carbocycles. The second kappa shape index (κ2) is 19.9. The van der Waals surface area contributed by atoms with E-state index in [2.05, 4.69) is 41.9 Å². The summed E-state index contributed by atoms with van der Waals surface area (Å²) in [5.74, 6) is 2.38. The van der Waals surface area contributed by atoms with Gasteiger partial charge in [0, 0.05) is 87.0 Å². The number of halogens is 1. The minimum absolute atomic E-state index is 0. The fourth-order valence-corrected chi connectivity index (χ4v) is 5.55. The van der Waals surface area contributed by atoms with Crippen molar-refractivity contribution < 1.29 is 9.59 Å². The number of aliphatic imine (C=N–C) groups is 4. The molecule has 2 amide bonds. The van der Waals surface area contributed by atoms with Crippen LogP contribution in [0.4, 0.5) is 22.7 Å². The standard InChI is InChI=1S/C42H44N10O2.ClH/c1-43-37(44-2)27-11-19-33(20-12-27)49-39(47-5)29-15-23-35(24-16-29)51-41(53)31-7-9-32(10-8-31)42(54)52-36-25-17-30(18-26-36)40(48-6)50-34-21-13-28(14-22-34)38(45-3)46-4;/h7-26H,1-6H3,(H,43,44)(H,45,46)(H,47,49)(H,48,50)(H,51,53)(H,52,54);1H. The largest absolute Gasteiger partial charge is 0.373 e. The van der Waals surface area contributed by atoms with Gasteiger partial charge in [-0.2, -0.15) is 0 Å². The average molecular weight is 757 g/mol. The minimum Gasteiger partial charge on any atom is -0.373 e. The highest BCUT2D eigenvalue weighted by molar-refractivity contribution is 6.08. The van der Waals surface area contributed by atoms with E-state index in [1.165, 1.54) is 0 Å². The molecule has 0 radical (unpaired) electrons. The molecule has 0 saturated carbocycles. The van der Waals surface area contributed by atoms with Gasteiger partial charge in [-0.25, -0.2) is 9.98 Å². The van der Waals surface area contributed by atoms with E-state index in [4.69, 9.17) is 9.98 Å². The molecule has 13 heteroatoms. The lowest BCUT2D eigenvalue weighted by atomic mass is 10.1. The summed E-state index contributed by atoms with van der Waals surface area (Å²) in [6.45, 7) is 0. The Morgan fingerprint density at radius 2 is 0.636 bits per heavy atom. The molecular formula is C42H45ClN10O2. The monoisotopic (exact) mass is 756 g/mol. The summed E-state index contributed by atoms with van der Waals surface area (Å²) in [5, 5.41) is 18.3. The second-order valence-electron chi connectivity index (χ2n) is 11.8. The highest BCUT2D eigenvalue weighted by Gasteiger charge is 2.12. The van der Waals surface area contributed by atoms with Gasteiger partial charge < -0.3 is 31.9 Å². The lowest BCUT2D eigenvalue weighted by molar-refractivity contribution is 0.101. The Morgan fingerprint density at radius 3 is 0.909 bits per heavy atom. The van der Waals surface area contributed by atoms with Crippen molar-refractivity contribution in [1.82, 2.24) is 21.3 Å². The third-order valence-corrected chi connectivity index (χ3v) is 8.40. The van der Waals surface area contributed by atoms with Gasteiger partial charge in [-0.3, -0.25) is 19.6 Å². The van der Waals surface area contributed by atoms with Crippen LogP contribution in [0.5, 0.6) is 0 Å². The molecule has 0 fully saturated rings. The summed E-state index contributed by atoms with van der Waals surface area (Å²) < 4.78 is 0. The van der Waals surface area contributed by atoms with E-state index in [1.807, 2.05) is 125 Å². The Hall–Kier alpha value is -6.79. The Bertz CT molecular complexity index is 2020. The lowest BCUT2D eigenvalue weighted by Crippen LogP contribution is -2.20. The molecular weight excluding hydrogens is 712 g/mol. The van der Waals surface area contributed by atoms with Gasteiger partial charge in [0.05, 0.1) is 11.4 Å². The maximum atomic E-state index is 13.0. The van der Waals surface area contributed by atoms with Crippen LogP contribution < -0.4 is 31.9 Å². The quantitative estimate of drug-likeness (QED) is 0.0716. The van der Waals surface area contributed by atoms with E-state index in [0.717, 1.165) is 45.3 Å². The first kappa shape index (κ1) is 41.0. The predicted octanol–water partition coefficient (Wildman–Crippen LogP) is 6.40. The summed E-state index contributed by atoms with van der Waals surface area (Å²) in [6.07, 6.45) is 0. The Kier molecular flexibility index (Phi) is 14.8. The van der Waals surface area contributed by atoms with E-state index in [-0.39, 0.29) is 24.2 Å². The van der Waals surface area contributed by atoms with Crippen LogP contribution in [-0.2, 0) is 0 Å². The van der Waals surface area contributed by atoms with Crippen LogP contribution in [0, 0.1) is 0 Å². The van der Waals surface area contributed by atoms with Gasteiger partial charge in [0.1, 0.15) is 23.3 Å². The van der Waals surface area contributed by atoms with Gasteiger partial charge in [-0.15, -0.1) is 12.4 Å². The fourth-order valence-electron chi connectivity index (χ4n) is 5.55. The third kappa shape index (κ3) is 10.6. The number of carbonyl (C=O) groups excluding carboxylic acids is 2. The van der Waals surface area contributed by atoms with E-state index >= 15 is 0 Å². The maximum Gasteiger partial charge on any atom is 0.255 e. The van der Waals surface area contributed by atoms with Gasteiger partial charge in [-0.1, -0.05) is 0 Å². The van der Waals surface area contributed by atoms with Gasteiger partial charge in [0.2, 0.25) is 0 Å². The first-order valence-electron chi connectivity index (χ1n) is 17.3. The number of anilines is 2. The molecule has 282 valence electrons. The molecule has 6 N–H and O–H groups in total. The molecule has 5 aromatic rings. The molecule has 0 aromatic heterocycles. The third-order valence-electron chi connectivity index (χ3n) is 8.40. The molecule has 12 nitrogen and oxygen atoms in total. The number of nitrogens with zero attached hydrogens (tertiary/aromatic N) is 4. The van der Waals surface area contributed by atoms with E-state index in [9.17, 15) is 9.59 Å². The Labute approximate surface area is 327 Å². The van der Waals surface area contributed by atoms with Crippen molar-refractivity contribution in [3.05, 3.63) is 155 Å². The van der Waals surface area contributed by atoms with Crippen LogP contribution in [0.25, 0.3) is 0 Å². The minimum atomic E-state index is -0.292. The maximum absolute atomic E-state index is 13.0. The predicted molar refractivity (Wildman–Crippen MR) is 229 cm³/mol. The number of nitrogens with one attached hydrogen (secondary N) is 6. The molecule has 5 aromatic carbocycles. The summed E-state index contributed by atoms with van der Waals surface area (Å²) in [7, 11) is 10.8. The number of rotatable bonds is 10. The van der Waals surface area contributed by atoms with Gasteiger partial charge in [0.25, 0.3) is 11.8 Å². The first-order chi connectivity index (χ1) is 26.3. The molecule has 0 aliphatic rings. The number of hydrogen-bond acceptors (Lipinski definition) is 6. The van der Waals surface area contributed by atoms with Crippen molar-refractivity contribution in [3.63, 3.8) is 0 Å². The smallest absolute Gasteiger partial charge is 0.255 e. The number of carbonyl (C=O) groups is 2. The van der Waals surface area contributed by atoms with Crippen LogP contribution in [0.3, 0.4) is 0 Å². The molecule has 0 bridgehead atoms. The molecule has 0 spiro atoms. The highest BCUT2D eigenvalue weighted by Crippen LogP contribution is 2.19. The molecule has 0 unspecified atom stereocenters. The Morgan fingerprint density at radius 1 is 0.382 bits per heavy atom. The van der Waals surface area contributed by atoms with E-state index in [0.29, 0.717) is 34.2 Å². The number of amides is 2. The van der Waals surface area contributed by atoms with Crippen molar-refractivity contribution in [1.29, 1.82) is 0 Å². The zero-order valence-electron chi connectivity index (χ0n) is 31.6. The summed E-state index contributed by atoms with van der Waals surface area (Å²) in [5.41, 5.74) is 7.34. The number of amidine groups is 4. The molecule has 5 rings (SSSR count). The number of hydrogen-bond donors (Lipinski definition) is 6. The zero-order valence-corrected chi connectivity index (χ0v) is 32.4. The van der Waals surface area contributed by atoms with Crippen LogP contribution in [0.15, 0.2) is 141 Å². The van der Waals surface area contributed by atoms with Crippen molar-refractivity contribution in [2.75, 3.05) is 52.9 Å². The van der Waals surface area contributed by atoms with Crippen molar-refractivity contribution in [3.8, 4) is 0 Å². The molecule has 0 aliphatic heterocycles. The molecule has 55 heavy (non-hydrogen) atoms. The Balaban J connectivity index is 0.00000673. The first-order valence-corrected chi connectivity index (χ1v) is 17.3. The van der Waals surface area contributed by atoms with Crippen LogP contribution in [-0.4, -0.2) is 77.4 Å². The number of benzene rings is 5. The van der Waals surface area contributed by atoms with Crippen LogP contribution in [0.1, 0.15) is 43.0 Å². The second-order valence-corrected chi connectivity index (χ2v) is 11.8. The zero-order chi connectivity index (χ0) is 38.5. The molecule has 0 atom stereocenters. The normalized spacial score (nSPS) is 11.9. The summed E-state index contributed by atoms with van der Waals surface area (Å²) in [4.78, 5) is 44.0. The SMILES string of the molecule is CN=C(NC)c1ccc(N=C(NC)c2ccc(NC(=O)c3ccc(C(=O)Nc4ccc(C(=Nc5ccc(C(=NC)NC)cc5)NC)cc4)cc3)cc2)cc1.Cl. The van der Waals surface area contributed by atoms with E-state index < -0.39 is 0 Å². The molecule has 0 heterocycles.